The molecule has 1 rings (SSSR count). The molecule has 6 N–H and O–H groups in total. The van der Waals surface area contributed by atoms with Crippen molar-refractivity contribution >= 4 is 5.91 Å². The molecule has 5 atom stereocenters. The first kappa shape index (κ1) is 13.3. The molecule has 1 saturated heterocycles. The van der Waals surface area contributed by atoms with Crippen molar-refractivity contribution in [3.05, 3.63) is 0 Å². The summed E-state index contributed by atoms with van der Waals surface area (Å²) in [5.74, 6) is -3.00. The van der Waals surface area contributed by atoms with Gasteiger partial charge in [-0.2, -0.15) is 0 Å². The Balaban J connectivity index is 2.83. The largest absolute Gasteiger partial charge is 0.391 e. The Morgan fingerprint density at radius 3 is 2.44 bits per heavy atom. The van der Waals surface area contributed by atoms with E-state index in [1.54, 1.807) is 0 Å². The van der Waals surface area contributed by atoms with E-state index < -0.39 is 42.8 Å². The van der Waals surface area contributed by atoms with Gasteiger partial charge in [0.25, 0.3) is 0 Å². The molecule has 94 valence electrons. The van der Waals surface area contributed by atoms with E-state index in [4.69, 9.17) is 5.11 Å². The zero-order valence-electron chi connectivity index (χ0n) is 8.57. The number of carbonyl (C=O) groups is 1. The molecule has 16 heavy (non-hydrogen) atoms. The van der Waals surface area contributed by atoms with Gasteiger partial charge in [-0.25, -0.2) is 0 Å². The molecule has 1 heterocycles. The van der Waals surface area contributed by atoms with Gasteiger partial charge in [0, 0.05) is 6.92 Å². The van der Waals surface area contributed by atoms with E-state index in [9.17, 15) is 25.2 Å². The average Bonchev–Trinajstić information content (AvgIpc) is 2.21. The second-order valence-electron chi connectivity index (χ2n) is 3.67. The van der Waals surface area contributed by atoms with Crippen LogP contribution in [-0.4, -0.2) is 68.4 Å². The molecule has 0 aliphatic carbocycles. The average molecular weight is 237 g/mol. The number of aliphatic hydroxyl groups is 5. The number of aliphatic hydroxyl groups excluding tert-OH is 4. The van der Waals surface area contributed by atoms with Crippen molar-refractivity contribution in [3.63, 3.8) is 0 Å². The first-order chi connectivity index (χ1) is 7.31. The summed E-state index contributed by atoms with van der Waals surface area (Å²) in [4.78, 5) is 10.8. The lowest BCUT2D eigenvalue weighted by molar-refractivity contribution is -0.372. The molecule has 0 aromatic carbocycles. The van der Waals surface area contributed by atoms with Crippen LogP contribution in [0.1, 0.15) is 6.92 Å². The minimum atomic E-state index is -2.45. The molecule has 8 heteroatoms. The lowest BCUT2D eigenvalue weighted by Gasteiger charge is -2.44. The molecular weight excluding hydrogens is 222 g/mol. The second-order valence-corrected chi connectivity index (χ2v) is 3.67. The maximum absolute atomic E-state index is 10.8. The molecule has 0 aromatic heterocycles. The van der Waals surface area contributed by atoms with Gasteiger partial charge in [-0.1, -0.05) is 0 Å². The van der Waals surface area contributed by atoms with Crippen molar-refractivity contribution in [3.8, 4) is 0 Å². The topological polar surface area (TPSA) is 139 Å². The third kappa shape index (κ3) is 2.32. The molecule has 0 saturated carbocycles. The zero-order chi connectivity index (χ0) is 12.5. The highest BCUT2D eigenvalue weighted by molar-refractivity contribution is 5.73. The van der Waals surface area contributed by atoms with Crippen LogP contribution >= 0.6 is 0 Å². The van der Waals surface area contributed by atoms with Crippen LogP contribution < -0.4 is 5.32 Å². The van der Waals surface area contributed by atoms with Crippen LogP contribution in [0.5, 0.6) is 0 Å². The number of hydrogen-bond acceptors (Lipinski definition) is 7. The predicted molar refractivity (Wildman–Crippen MR) is 48.7 cm³/mol. The predicted octanol–water partition coefficient (Wildman–Crippen LogP) is -3.76. The summed E-state index contributed by atoms with van der Waals surface area (Å²) in [5, 5.41) is 48.8. The van der Waals surface area contributed by atoms with Gasteiger partial charge in [0.2, 0.25) is 11.7 Å². The summed E-state index contributed by atoms with van der Waals surface area (Å²) in [7, 11) is 0. The smallest absolute Gasteiger partial charge is 0.221 e. The normalized spacial score (nSPS) is 44.1. The third-order valence-corrected chi connectivity index (χ3v) is 2.38. The van der Waals surface area contributed by atoms with Crippen molar-refractivity contribution in [2.24, 2.45) is 0 Å². The van der Waals surface area contributed by atoms with Gasteiger partial charge in [-0.05, 0) is 0 Å². The van der Waals surface area contributed by atoms with Crippen LogP contribution in [0.3, 0.4) is 0 Å². The molecule has 1 fully saturated rings. The van der Waals surface area contributed by atoms with E-state index in [0.29, 0.717) is 0 Å². The van der Waals surface area contributed by atoms with Crippen molar-refractivity contribution in [2.75, 3.05) is 6.61 Å². The molecule has 1 unspecified atom stereocenters. The summed E-state index contributed by atoms with van der Waals surface area (Å²) in [6.07, 6.45) is -5.25. The fraction of sp³-hybridized carbons (Fsp3) is 0.875. The Labute approximate surface area is 91.1 Å². The molecular formula is C8H15NO7. The summed E-state index contributed by atoms with van der Waals surface area (Å²) < 4.78 is 4.56. The summed E-state index contributed by atoms with van der Waals surface area (Å²) in [5.41, 5.74) is 0. The number of rotatable bonds is 2. The molecule has 0 bridgehead atoms. The van der Waals surface area contributed by atoms with Gasteiger partial charge < -0.3 is 35.6 Å². The van der Waals surface area contributed by atoms with Crippen LogP contribution in [0, 0.1) is 0 Å². The molecule has 8 nitrogen and oxygen atoms in total. The quantitative estimate of drug-likeness (QED) is 0.290. The highest BCUT2D eigenvalue weighted by Crippen LogP contribution is 2.26. The minimum absolute atomic E-state index is 0.548. The third-order valence-electron chi connectivity index (χ3n) is 2.38. The number of amides is 1. The van der Waals surface area contributed by atoms with E-state index in [1.807, 2.05) is 0 Å². The van der Waals surface area contributed by atoms with Crippen LogP contribution in [0.25, 0.3) is 0 Å². The van der Waals surface area contributed by atoms with Gasteiger partial charge >= 0.3 is 0 Å². The van der Waals surface area contributed by atoms with Gasteiger partial charge in [0.15, 0.2) is 6.29 Å². The Hall–Kier alpha value is -0.770. The van der Waals surface area contributed by atoms with Crippen LogP contribution in [0.2, 0.25) is 0 Å². The second kappa shape index (κ2) is 4.62. The Bertz CT molecular complexity index is 273. The fourth-order valence-electron chi connectivity index (χ4n) is 1.51. The van der Waals surface area contributed by atoms with Gasteiger partial charge in [-0.15, -0.1) is 0 Å². The maximum atomic E-state index is 10.8. The molecule has 1 amide bonds. The molecule has 1 aliphatic heterocycles. The highest BCUT2D eigenvalue weighted by atomic mass is 16.7. The molecule has 0 aromatic rings. The zero-order valence-corrected chi connectivity index (χ0v) is 8.57. The van der Waals surface area contributed by atoms with Crippen molar-refractivity contribution in [1.29, 1.82) is 0 Å². The monoisotopic (exact) mass is 237 g/mol. The number of carbonyl (C=O) groups excluding carboxylic acids is 1. The Morgan fingerprint density at radius 1 is 1.44 bits per heavy atom. The Morgan fingerprint density at radius 2 is 2.00 bits per heavy atom. The molecule has 0 spiro atoms. The summed E-state index contributed by atoms with van der Waals surface area (Å²) in [6.45, 7) is 0.147. The van der Waals surface area contributed by atoms with Crippen molar-refractivity contribution in [2.45, 2.75) is 37.3 Å². The fourth-order valence-corrected chi connectivity index (χ4v) is 1.51. The standard InChI is InChI=1S/C8H15NO7/c1-3(11)9-4-5(12)6(13)8(15,2-10)16-7(4)14/h4-7,10,12-15H,2H2,1H3,(H,9,11)/t4-,5-,6+,7?,8-/m1/s1. The molecule has 1 aliphatic rings. The molecule has 0 radical (unpaired) electrons. The maximum Gasteiger partial charge on any atom is 0.221 e. The number of nitrogens with one attached hydrogen (secondary N) is 1. The number of ether oxygens (including phenoxy) is 1. The van der Waals surface area contributed by atoms with E-state index in [-0.39, 0.29) is 0 Å². The van der Waals surface area contributed by atoms with Crippen LogP contribution in [0.15, 0.2) is 0 Å². The van der Waals surface area contributed by atoms with E-state index >= 15 is 0 Å². The van der Waals surface area contributed by atoms with Crippen LogP contribution in [-0.2, 0) is 9.53 Å². The number of hydrogen-bond donors (Lipinski definition) is 6. The minimum Gasteiger partial charge on any atom is -0.391 e. The van der Waals surface area contributed by atoms with Crippen molar-refractivity contribution in [1.82, 2.24) is 5.32 Å². The van der Waals surface area contributed by atoms with Gasteiger partial charge in [0.1, 0.15) is 18.2 Å². The lowest BCUT2D eigenvalue weighted by Crippen LogP contribution is -2.69. The highest BCUT2D eigenvalue weighted by Gasteiger charge is 2.52. The van der Waals surface area contributed by atoms with Gasteiger partial charge in [0.05, 0.1) is 6.61 Å². The van der Waals surface area contributed by atoms with Crippen LogP contribution in [0.4, 0.5) is 0 Å². The van der Waals surface area contributed by atoms with E-state index in [0.717, 1.165) is 6.92 Å². The first-order valence-corrected chi connectivity index (χ1v) is 4.64. The van der Waals surface area contributed by atoms with E-state index in [1.165, 1.54) is 0 Å². The SMILES string of the molecule is CC(=O)N[C@H]1C(O)O[C@](O)(CO)[C@@H](O)[C@@H]1O. The lowest BCUT2D eigenvalue weighted by atomic mass is 9.94. The first-order valence-electron chi connectivity index (χ1n) is 4.64. The summed E-state index contributed by atoms with van der Waals surface area (Å²) in [6, 6.07) is -1.28. The van der Waals surface area contributed by atoms with Crippen molar-refractivity contribution < 1.29 is 35.1 Å². The summed E-state index contributed by atoms with van der Waals surface area (Å²) >= 11 is 0. The van der Waals surface area contributed by atoms with Gasteiger partial charge in [-0.3, -0.25) is 4.79 Å². The van der Waals surface area contributed by atoms with E-state index in [2.05, 4.69) is 10.1 Å². The Kier molecular flexibility index (Phi) is 3.84.